The molecule has 0 spiro atoms. The van der Waals surface area contributed by atoms with Gasteiger partial charge in [-0.15, -0.1) is 11.3 Å². The molecule has 3 atom stereocenters. The highest BCUT2D eigenvalue weighted by molar-refractivity contribution is 7.13. The summed E-state index contributed by atoms with van der Waals surface area (Å²) < 4.78 is 20.1. The molecule has 2 aliphatic rings. The summed E-state index contributed by atoms with van der Waals surface area (Å²) in [6, 6.07) is 3.74. The lowest BCUT2D eigenvalue weighted by Crippen LogP contribution is -2.56. The number of thiazole rings is 1. The van der Waals surface area contributed by atoms with E-state index in [9.17, 15) is 23.9 Å². The van der Waals surface area contributed by atoms with Gasteiger partial charge in [-0.2, -0.15) is 0 Å². The first-order valence-corrected chi connectivity index (χ1v) is 14.0. The lowest BCUT2D eigenvalue weighted by Gasteiger charge is -2.30. The van der Waals surface area contributed by atoms with E-state index in [0.29, 0.717) is 18.9 Å². The Labute approximate surface area is 231 Å². The Morgan fingerprint density at radius 1 is 1.33 bits per heavy atom. The van der Waals surface area contributed by atoms with E-state index in [4.69, 9.17) is 10.5 Å². The number of aryl methyl sites for hydroxylation is 1. The molecule has 12 heteroatoms. The Morgan fingerprint density at radius 2 is 2.08 bits per heavy atom. The van der Waals surface area contributed by atoms with Crippen LogP contribution in [0.2, 0.25) is 0 Å². The third-order valence-corrected chi connectivity index (χ3v) is 8.06. The number of aliphatic hydroxyl groups excluding tert-OH is 1. The zero-order valence-electron chi connectivity index (χ0n) is 22.4. The van der Waals surface area contributed by atoms with Crippen molar-refractivity contribution in [1.29, 1.82) is 0 Å². The molecule has 1 aliphatic heterocycles. The van der Waals surface area contributed by atoms with Gasteiger partial charge in [0.05, 0.1) is 22.2 Å². The summed E-state index contributed by atoms with van der Waals surface area (Å²) in [5.41, 5.74) is 8.06. The average molecular weight is 562 g/mol. The molecular formula is C27H36FN5O5S. The molecule has 39 heavy (non-hydrogen) atoms. The van der Waals surface area contributed by atoms with Crippen LogP contribution in [-0.2, 0) is 20.9 Å². The normalized spacial score (nSPS) is 20.5. The highest BCUT2D eigenvalue weighted by atomic mass is 32.1. The molecule has 4 rings (SSSR count). The number of carbonyl (C=O) groups excluding carboxylic acids is 3. The van der Waals surface area contributed by atoms with E-state index in [1.54, 1.807) is 19.4 Å². The van der Waals surface area contributed by atoms with Gasteiger partial charge in [-0.3, -0.25) is 14.4 Å². The molecule has 3 amide bonds. The fraction of sp³-hybridized carbons (Fsp3) is 0.556. The number of β-amino-alcohol motifs (C(OH)–C–C–N with tert-alkyl or cyclic N) is 1. The number of hydrogen-bond acceptors (Lipinski definition) is 8. The van der Waals surface area contributed by atoms with Gasteiger partial charge in [0.25, 0.3) is 5.91 Å². The molecule has 2 heterocycles. The van der Waals surface area contributed by atoms with E-state index in [1.165, 1.54) is 16.2 Å². The number of benzene rings is 1. The van der Waals surface area contributed by atoms with Gasteiger partial charge in [-0.1, -0.05) is 26.0 Å². The molecule has 1 aromatic heterocycles. The molecule has 1 unspecified atom stereocenters. The van der Waals surface area contributed by atoms with Gasteiger partial charge >= 0.3 is 0 Å². The van der Waals surface area contributed by atoms with Crippen molar-refractivity contribution >= 4 is 29.1 Å². The SMILES string of the molecule is Cc1ncsc1-c1ccc(CNC(=O)[C@@H]2C[C@@H](O)CN2C(=O)C(NC(=O)C2(F)CC2)C(C)C)c(OCCN)c1. The Balaban J connectivity index is 1.46. The van der Waals surface area contributed by atoms with Crippen molar-refractivity contribution in [2.75, 3.05) is 19.7 Å². The lowest BCUT2D eigenvalue weighted by molar-refractivity contribution is -0.143. The minimum Gasteiger partial charge on any atom is -0.492 e. The number of nitrogens with two attached hydrogens (primary N) is 1. The number of carbonyl (C=O) groups is 3. The van der Waals surface area contributed by atoms with Gasteiger partial charge < -0.3 is 31.1 Å². The van der Waals surface area contributed by atoms with Crippen LogP contribution in [0.25, 0.3) is 10.4 Å². The van der Waals surface area contributed by atoms with Crippen LogP contribution < -0.4 is 21.1 Å². The van der Waals surface area contributed by atoms with Gasteiger partial charge in [0.1, 0.15) is 24.4 Å². The average Bonchev–Trinajstić information content (AvgIpc) is 3.32. The zero-order chi connectivity index (χ0) is 28.3. The Kier molecular flexibility index (Phi) is 8.87. The number of halogens is 1. The van der Waals surface area contributed by atoms with Gasteiger partial charge in [0.2, 0.25) is 11.8 Å². The van der Waals surface area contributed by atoms with Crippen LogP contribution in [0.5, 0.6) is 5.75 Å². The van der Waals surface area contributed by atoms with Crippen molar-refractivity contribution < 1.29 is 28.6 Å². The van der Waals surface area contributed by atoms with E-state index in [1.807, 2.05) is 25.1 Å². The fourth-order valence-electron chi connectivity index (χ4n) is 4.63. The number of nitrogens with one attached hydrogen (secondary N) is 2. The minimum atomic E-state index is -1.92. The van der Waals surface area contributed by atoms with Crippen molar-refractivity contribution in [3.8, 4) is 16.2 Å². The molecule has 1 aromatic carbocycles. The Bertz CT molecular complexity index is 1220. The second-order valence-corrected chi connectivity index (χ2v) is 11.4. The summed E-state index contributed by atoms with van der Waals surface area (Å²) in [5.74, 6) is -1.53. The summed E-state index contributed by atoms with van der Waals surface area (Å²) in [5, 5.41) is 15.7. The first-order chi connectivity index (χ1) is 18.5. The van der Waals surface area contributed by atoms with Crippen LogP contribution in [-0.4, -0.2) is 76.3 Å². The smallest absolute Gasteiger partial charge is 0.258 e. The summed E-state index contributed by atoms with van der Waals surface area (Å²) >= 11 is 1.52. The topological polar surface area (TPSA) is 147 Å². The van der Waals surface area contributed by atoms with E-state index in [-0.39, 0.29) is 38.3 Å². The largest absolute Gasteiger partial charge is 0.492 e. The molecular weight excluding hydrogens is 525 g/mol. The molecule has 1 saturated carbocycles. The third kappa shape index (κ3) is 6.56. The summed E-state index contributed by atoms with van der Waals surface area (Å²) in [6.45, 7) is 6.11. The number of alkyl halides is 1. The number of likely N-dealkylation sites (tertiary alicyclic amines) is 1. The molecule has 0 radical (unpaired) electrons. The highest BCUT2D eigenvalue weighted by Gasteiger charge is 2.52. The molecule has 10 nitrogen and oxygen atoms in total. The first kappa shape index (κ1) is 28.9. The molecule has 0 bridgehead atoms. The van der Waals surface area contributed by atoms with Crippen LogP contribution in [0.4, 0.5) is 4.39 Å². The Hall–Kier alpha value is -3.09. The van der Waals surface area contributed by atoms with Gasteiger partial charge in [0, 0.05) is 31.6 Å². The third-order valence-electron chi connectivity index (χ3n) is 7.08. The second-order valence-electron chi connectivity index (χ2n) is 10.5. The minimum absolute atomic E-state index is 0.0511. The molecule has 2 aromatic rings. The molecule has 1 aliphatic carbocycles. The van der Waals surface area contributed by atoms with Crippen molar-refractivity contribution in [2.45, 2.75) is 70.4 Å². The fourth-order valence-corrected chi connectivity index (χ4v) is 5.43. The molecule has 212 valence electrons. The van der Waals surface area contributed by atoms with E-state index in [2.05, 4.69) is 15.6 Å². The molecule has 1 saturated heterocycles. The monoisotopic (exact) mass is 561 g/mol. The number of amides is 3. The van der Waals surface area contributed by atoms with Crippen LogP contribution in [0, 0.1) is 12.8 Å². The second kappa shape index (κ2) is 12.0. The van der Waals surface area contributed by atoms with Crippen molar-refractivity contribution in [3.63, 3.8) is 0 Å². The van der Waals surface area contributed by atoms with Crippen molar-refractivity contribution in [3.05, 3.63) is 35.0 Å². The number of nitrogens with zero attached hydrogens (tertiary/aromatic N) is 2. The van der Waals surface area contributed by atoms with E-state index in [0.717, 1.165) is 21.7 Å². The highest BCUT2D eigenvalue weighted by Crippen LogP contribution is 2.40. The van der Waals surface area contributed by atoms with E-state index < -0.39 is 41.6 Å². The van der Waals surface area contributed by atoms with Gasteiger partial charge in [-0.05, 0) is 37.3 Å². The van der Waals surface area contributed by atoms with Crippen molar-refractivity contribution in [2.24, 2.45) is 11.7 Å². The van der Waals surface area contributed by atoms with Crippen LogP contribution in [0.3, 0.4) is 0 Å². The maximum Gasteiger partial charge on any atom is 0.258 e. The maximum absolute atomic E-state index is 14.3. The predicted octanol–water partition coefficient (Wildman–Crippen LogP) is 1.68. The predicted molar refractivity (Wildman–Crippen MR) is 145 cm³/mol. The van der Waals surface area contributed by atoms with Crippen molar-refractivity contribution in [1.82, 2.24) is 20.5 Å². The molecule has 2 fully saturated rings. The number of aliphatic hydroxyl groups is 1. The number of hydrogen-bond donors (Lipinski definition) is 4. The standard InChI is InChI=1S/C27H36FN5O5S/c1-15(2)22(32-26(37)27(28)6-7-27)25(36)33-13-19(34)11-20(33)24(35)30-12-18-5-4-17(10-21(18)38-9-8-29)23-16(3)31-14-39-23/h4-5,10,14-15,19-20,22,34H,6-9,11-13,29H2,1-3H3,(H,30,35)(H,32,37)/t19-,20+,22?/m1/s1. The zero-order valence-corrected chi connectivity index (χ0v) is 23.2. The summed E-state index contributed by atoms with van der Waals surface area (Å²) in [6.07, 6.45) is -0.571. The lowest BCUT2D eigenvalue weighted by atomic mass is 10.0. The first-order valence-electron chi connectivity index (χ1n) is 13.2. The number of ether oxygens (including phenoxy) is 1. The van der Waals surface area contributed by atoms with Crippen LogP contribution >= 0.6 is 11.3 Å². The van der Waals surface area contributed by atoms with Crippen LogP contribution in [0.15, 0.2) is 23.7 Å². The van der Waals surface area contributed by atoms with E-state index >= 15 is 0 Å². The summed E-state index contributed by atoms with van der Waals surface area (Å²) in [4.78, 5) is 45.6. The van der Waals surface area contributed by atoms with Crippen LogP contribution in [0.1, 0.15) is 44.4 Å². The molecule has 5 N–H and O–H groups in total. The summed E-state index contributed by atoms with van der Waals surface area (Å²) in [7, 11) is 0. The van der Waals surface area contributed by atoms with Gasteiger partial charge in [-0.25, -0.2) is 9.37 Å². The number of rotatable bonds is 11. The Morgan fingerprint density at radius 3 is 2.69 bits per heavy atom. The maximum atomic E-state index is 14.3. The van der Waals surface area contributed by atoms with Gasteiger partial charge in [0.15, 0.2) is 5.67 Å². The number of aromatic nitrogens is 1. The quantitative estimate of drug-likeness (QED) is 0.326.